The lowest BCUT2D eigenvalue weighted by molar-refractivity contribution is 0.208. The molecule has 2 unspecified atom stereocenters. The van der Waals surface area contributed by atoms with Crippen LogP contribution in [0.3, 0.4) is 0 Å². The first-order valence-electron chi connectivity index (χ1n) is 9.62. The van der Waals surface area contributed by atoms with E-state index in [2.05, 4.69) is 5.32 Å². The molecule has 6 atom stereocenters. The minimum absolute atomic E-state index is 0.103. The Morgan fingerprint density at radius 3 is 2.22 bits per heavy atom. The first-order valence-corrected chi connectivity index (χ1v) is 10.8. The van der Waals surface area contributed by atoms with E-state index in [4.69, 9.17) is 5.73 Å². The van der Waals surface area contributed by atoms with E-state index in [0.717, 1.165) is 31.7 Å². The van der Waals surface area contributed by atoms with Gasteiger partial charge >= 0.3 is 0 Å². The van der Waals surface area contributed by atoms with Gasteiger partial charge in [-0.15, -0.1) is 0 Å². The van der Waals surface area contributed by atoms with Gasteiger partial charge in [0.15, 0.2) is 11.6 Å². The molecule has 2 aliphatic heterocycles. The molecule has 0 spiro atoms. The van der Waals surface area contributed by atoms with E-state index in [-0.39, 0.29) is 23.8 Å². The minimum atomic E-state index is -1.34. The summed E-state index contributed by atoms with van der Waals surface area (Å²) in [4.78, 5) is 0. The molecule has 152 valence electrons. The van der Waals surface area contributed by atoms with Gasteiger partial charge in [-0.05, 0) is 76.3 Å². The van der Waals surface area contributed by atoms with Crippen molar-refractivity contribution in [1.29, 1.82) is 0 Å². The molecule has 3 nitrogen and oxygen atoms in total. The fourth-order valence-corrected chi connectivity index (χ4v) is 6.00. The average molecular weight is 403 g/mol. The number of nitrogens with one attached hydrogen (secondary N) is 1. The molecule has 0 saturated carbocycles. The minimum Gasteiger partial charge on any atom is -0.317 e. The monoisotopic (exact) mass is 402 g/mol. The fourth-order valence-electron chi connectivity index (χ4n) is 4.54. The molecule has 2 heterocycles. The molecule has 1 aromatic carbocycles. The van der Waals surface area contributed by atoms with Crippen molar-refractivity contribution in [2.24, 2.45) is 17.6 Å². The van der Waals surface area contributed by atoms with Crippen molar-refractivity contribution in [3.63, 3.8) is 0 Å². The van der Waals surface area contributed by atoms with Crippen molar-refractivity contribution in [3.05, 3.63) is 35.1 Å². The number of hydrogen-bond donors (Lipinski definition) is 2. The Kier molecular flexibility index (Phi) is 6.04. The maximum absolute atomic E-state index is 14.3. The largest absolute Gasteiger partial charge is 0.317 e. The highest BCUT2D eigenvalue weighted by molar-refractivity contribution is 7.87. The molecule has 7 heteroatoms. The number of hydrogen-bond acceptors (Lipinski definition) is 3. The Morgan fingerprint density at radius 2 is 1.67 bits per heavy atom. The number of fused-ring (bicyclic) bond motifs is 2. The van der Waals surface area contributed by atoms with Gasteiger partial charge < -0.3 is 11.1 Å². The van der Waals surface area contributed by atoms with Crippen LogP contribution in [0.2, 0.25) is 0 Å². The molecule has 0 aliphatic carbocycles. The van der Waals surface area contributed by atoms with Crippen LogP contribution in [0, 0.1) is 29.3 Å². The zero-order valence-electron chi connectivity index (χ0n) is 16.1. The first kappa shape index (κ1) is 20.8. The lowest BCUT2D eigenvalue weighted by Crippen LogP contribution is -2.49. The molecule has 0 radical (unpaired) electrons. The Bertz CT molecular complexity index is 710. The van der Waals surface area contributed by atoms with Crippen LogP contribution in [-0.4, -0.2) is 26.4 Å². The van der Waals surface area contributed by atoms with Crippen LogP contribution in [0.1, 0.15) is 52.0 Å². The summed E-state index contributed by atoms with van der Waals surface area (Å²) < 4.78 is 53.7. The quantitative estimate of drug-likeness (QED) is 0.740. The average Bonchev–Trinajstić information content (AvgIpc) is 2.92. The lowest BCUT2D eigenvalue weighted by Gasteiger charge is -2.39. The highest BCUT2D eigenvalue weighted by atomic mass is 32.2. The summed E-state index contributed by atoms with van der Waals surface area (Å²) >= 11 is 0. The predicted molar refractivity (Wildman–Crippen MR) is 102 cm³/mol. The Hall–Kier alpha value is -0.920. The van der Waals surface area contributed by atoms with Crippen LogP contribution in [-0.2, 0) is 17.2 Å². The van der Waals surface area contributed by atoms with Gasteiger partial charge in [0.1, 0.15) is 5.82 Å². The van der Waals surface area contributed by atoms with Crippen molar-refractivity contribution < 1.29 is 17.4 Å². The maximum atomic E-state index is 14.3. The normalized spacial score (nSPS) is 28.8. The van der Waals surface area contributed by atoms with Crippen LogP contribution in [0.5, 0.6) is 0 Å². The molecule has 2 saturated heterocycles. The number of halogens is 3. The molecule has 3 rings (SSSR count). The van der Waals surface area contributed by atoms with Gasteiger partial charge in [-0.25, -0.2) is 13.2 Å². The van der Waals surface area contributed by atoms with Gasteiger partial charge in [-0.1, -0.05) is 0 Å². The molecule has 1 aromatic rings. The zero-order valence-corrected chi connectivity index (χ0v) is 16.9. The van der Waals surface area contributed by atoms with Crippen molar-refractivity contribution in [3.8, 4) is 0 Å². The third-order valence-corrected chi connectivity index (χ3v) is 7.98. The molecular formula is C20H29F3N2OS. The molecule has 0 amide bonds. The van der Waals surface area contributed by atoms with Crippen LogP contribution >= 0.6 is 0 Å². The van der Waals surface area contributed by atoms with Crippen molar-refractivity contribution in [2.75, 3.05) is 0 Å². The molecule has 0 aromatic heterocycles. The van der Waals surface area contributed by atoms with E-state index in [1.807, 2.05) is 20.8 Å². The highest BCUT2D eigenvalue weighted by Gasteiger charge is 2.42. The third kappa shape index (κ3) is 4.57. The molecular weight excluding hydrogens is 373 g/mol. The van der Waals surface area contributed by atoms with Gasteiger partial charge in [0.25, 0.3) is 0 Å². The van der Waals surface area contributed by atoms with Crippen LogP contribution in [0.25, 0.3) is 0 Å². The van der Waals surface area contributed by atoms with E-state index in [1.54, 1.807) is 0 Å². The van der Waals surface area contributed by atoms with Crippen molar-refractivity contribution >= 4 is 10.8 Å². The van der Waals surface area contributed by atoms with E-state index in [0.29, 0.717) is 18.2 Å². The number of piperidine rings is 1. The molecule has 2 fully saturated rings. The van der Waals surface area contributed by atoms with Crippen LogP contribution < -0.4 is 11.1 Å². The summed E-state index contributed by atoms with van der Waals surface area (Å²) in [5.74, 6) is -3.12. The summed E-state index contributed by atoms with van der Waals surface area (Å²) in [6.45, 7) is 5.60. The number of rotatable bonds is 5. The number of benzene rings is 1. The van der Waals surface area contributed by atoms with E-state index >= 15 is 0 Å². The molecule has 3 N–H and O–H groups in total. The second kappa shape index (κ2) is 7.84. The van der Waals surface area contributed by atoms with Crippen LogP contribution in [0.15, 0.2) is 12.1 Å². The summed E-state index contributed by atoms with van der Waals surface area (Å²) in [5.41, 5.74) is 6.55. The topological polar surface area (TPSA) is 55.1 Å². The SMILES string of the molecule is CC(C)(C)S(=O)[C@H](N)[C@H](Cc1cc(F)c(F)cc1F)C1C[C@H]2CC[C@@H](C1)N2. The summed E-state index contributed by atoms with van der Waals surface area (Å²) in [5, 5.41) is 2.91. The molecule has 2 bridgehead atoms. The predicted octanol–water partition coefficient (Wildman–Crippen LogP) is 3.63. The summed E-state index contributed by atoms with van der Waals surface area (Å²) in [7, 11) is -1.34. The van der Waals surface area contributed by atoms with Crippen molar-refractivity contribution in [2.45, 2.75) is 75.1 Å². The van der Waals surface area contributed by atoms with Gasteiger partial charge in [0, 0.05) is 33.7 Å². The van der Waals surface area contributed by atoms with Crippen molar-refractivity contribution in [1.82, 2.24) is 5.32 Å². The van der Waals surface area contributed by atoms with E-state index in [9.17, 15) is 17.4 Å². The second-order valence-corrected chi connectivity index (χ2v) is 11.3. The fraction of sp³-hybridized carbons (Fsp3) is 0.700. The standard InChI is InChI=1S/C20H29F3N2OS/c1-20(2,3)27(26)19(24)15(11-6-13-4-5-14(7-11)25-13)8-12-9-17(22)18(23)10-16(12)21/h9-11,13-15,19,25H,4-8,24H2,1-3H3/t11?,13-,14+,15-,19+,27?/m1/s1. The lowest BCUT2D eigenvalue weighted by atomic mass is 9.78. The van der Waals surface area contributed by atoms with Crippen LogP contribution in [0.4, 0.5) is 13.2 Å². The van der Waals surface area contributed by atoms with Gasteiger partial charge in [-0.2, -0.15) is 0 Å². The van der Waals surface area contributed by atoms with Gasteiger partial charge in [0.2, 0.25) is 0 Å². The molecule has 2 aliphatic rings. The number of nitrogens with two attached hydrogens (primary N) is 1. The van der Waals surface area contributed by atoms with Gasteiger partial charge in [0.05, 0.1) is 5.37 Å². The van der Waals surface area contributed by atoms with Gasteiger partial charge in [-0.3, -0.25) is 4.21 Å². The second-order valence-electron chi connectivity index (χ2n) is 8.97. The smallest absolute Gasteiger partial charge is 0.161 e. The third-order valence-electron chi connectivity index (χ3n) is 5.93. The Balaban J connectivity index is 1.90. The van der Waals surface area contributed by atoms with E-state index < -0.39 is 38.4 Å². The summed E-state index contributed by atoms with van der Waals surface area (Å²) in [6.07, 6.45) is 4.15. The first-order chi connectivity index (χ1) is 12.6. The molecule has 27 heavy (non-hydrogen) atoms. The highest BCUT2D eigenvalue weighted by Crippen LogP contribution is 2.39. The zero-order chi connectivity index (χ0) is 19.9. The Labute approximate surface area is 161 Å². The van der Waals surface area contributed by atoms with E-state index in [1.165, 1.54) is 0 Å². The maximum Gasteiger partial charge on any atom is 0.161 e. The Morgan fingerprint density at radius 1 is 1.11 bits per heavy atom. The summed E-state index contributed by atoms with van der Waals surface area (Å²) in [6, 6.07) is 2.31.